The number of nitrogens with zero attached hydrogens (tertiary/aromatic N) is 1. The van der Waals surface area contributed by atoms with E-state index in [1.54, 1.807) is 23.5 Å². The Kier molecular flexibility index (Phi) is 6.59. The second kappa shape index (κ2) is 8.67. The number of hydrogen-bond acceptors (Lipinski definition) is 2. The predicted octanol–water partition coefficient (Wildman–Crippen LogP) is 4.71. The number of hydrogen-bond donors (Lipinski definition) is 1. The third-order valence-electron chi connectivity index (χ3n) is 3.57. The number of urea groups is 1. The fraction of sp³-hybridized carbons (Fsp3) is 0.389. The van der Waals surface area contributed by atoms with E-state index in [-0.39, 0.29) is 11.8 Å². The molecule has 0 aliphatic rings. The molecule has 2 amide bonds. The third-order valence-corrected chi connectivity index (χ3v) is 4.55. The summed E-state index contributed by atoms with van der Waals surface area (Å²) in [6.07, 6.45) is 2.03. The minimum absolute atomic E-state index is 0.0752. The summed E-state index contributed by atoms with van der Waals surface area (Å²) in [5, 5.41) is 2.92. The molecule has 2 aromatic rings. The number of aryl methyl sites for hydroxylation is 1. The summed E-state index contributed by atoms with van der Waals surface area (Å²) in [5.74, 6) is -0.266. The van der Waals surface area contributed by atoms with Crippen molar-refractivity contribution >= 4 is 17.4 Å². The quantitative estimate of drug-likeness (QED) is 0.781. The van der Waals surface area contributed by atoms with Gasteiger partial charge < -0.3 is 10.2 Å². The lowest BCUT2D eigenvalue weighted by Gasteiger charge is -2.22. The van der Waals surface area contributed by atoms with Crippen molar-refractivity contribution in [1.29, 1.82) is 0 Å². The van der Waals surface area contributed by atoms with Gasteiger partial charge >= 0.3 is 6.03 Å². The summed E-state index contributed by atoms with van der Waals surface area (Å²) in [7, 11) is 0. The number of halogens is 1. The minimum Gasteiger partial charge on any atom is -0.334 e. The van der Waals surface area contributed by atoms with Gasteiger partial charge in [-0.2, -0.15) is 0 Å². The van der Waals surface area contributed by atoms with Crippen LogP contribution < -0.4 is 5.32 Å². The zero-order chi connectivity index (χ0) is 16.7. The molecule has 1 aromatic carbocycles. The fourth-order valence-electron chi connectivity index (χ4n) is 2.25. The van der Waals surface area contributed by atoms with Gasteiger partial charge in [0.05, 0.1) is 6.54 Å². The lowest BCUT2D eigenvalue weighted by molar-refractivity contribution is 0.194. The number of carbonyl (C=O) groups is 1. The first-order chi connectivity index (χ1) is 11.1. The molecule has 0 radical (unpaired) electrons. The van der Waals surface area contributed by atoms with Crippen LogP contribution in [0.25, 0.3) is 0 Å². The molecular weight excluding hydrogens is 311 g/mol. The van der Waals surface area contributed by atoms with Gasteiger partial charge in [-0.25, -0.2) is 9.18 Å². The maximum Gasteiger partial charge on any atom is 0.317 e. The summed E-state index contributed by atoms with van der Waals surface area (Å²) in [6.45, 7) is 5.96. The van der Waals surface area contributed by atoms with Gasteiger partial charge in [0.1, 0.15) is 5.82 Å². The number of amides is 2. The molecule has 0 saturated heterocycles. The van der Waals surface area contributed by atoms with E-state index in [9.17, 15) is 9.18 Å². The fourth-order valence-corrected chi connectivity index (χ4v) is 3.16. The molecule has 1 heterocycles. The lowest BCUT2D eigenvalue weighted by Crippen LogP contribution is -2.39. The van der Waals surface area contributed by atoms with Gasteiger partial charge in [-0.15, -0.1) is 11.3 Å². The topological polar surface area (TPSA) is 32.3 Å². The van der Waals surface area contributed by atoms with E-state index < -0.39 is 0 Å². The average molecular weight is 334 g/mol. The Labute approximate surface area is 141 Å². The normalized spacial score (nSPS) is 10.6. The maximum absolute atomic E-state index is 12.9. The molecule has 0 atom stereocenters. The number of nitrogens with one attached hydrogen (secondary N) is 1. The van der Waals surface area contributed by atoms with Gasteiger partial charge in [0.2, 0.25) is 0 Å². The third kappa shape index (κ3) is 5.67. The van der Waals surface area contributed by atoms with Crippen LogP contribution in [0.1, 0.15) is 35.1 Å². The highest BCUT2D eigenvalue weighted by Crippen LogP contribution is 2.17. The van der Waals surface area contributed by atoms with Crippen LogP contribution in [0.5, 0.6) is 0 Å². The molecule has 23 heavy (non-hydrogen) atoms. The molecule has 0 unspecified atom stereocenters. The lowest BCUT2D eigenvalue weighted by atomic mass is 10.2. The van der Waals surface area contributed by atoms with Crippen molar-refractivity contribution < 1.29 is 9.18 Å². The van der Waals surface area contributed by atoms with Crippen LogP contribution in [0.4, 0.5) is 9.18 Å². The largest absolute Gasteiger partial charge is 0.334 e. The van der Waals surface area contributed by atoms with Crippen LogP contribution in [0.15, 0.2) is 36.4 Å². The standard InChI is InChI=1S/C18H23FN2OS/c1-3-4-11-21(13-17-10-5-14(2)23-17)18(22)20-12-15-6-8-16(19)9-7-15/h5-10H,3-4,11-13H2,1-2H3,(H,20,22). The highest BCUT2D eigenvalue weighted by Gasteiger charge is 2.14. The van der Waals surface area contributed by atoms with Gasteiger partial charge in [0.15, 0.2) is 0 Å². The Morgan fingerprint density at radius 3 is 2.57 bits per heavy atom. The van der Waals surface area contributed by atoms with E-state index in [4.69, 9.17) is 0 Å². The van der Waals surface area contributed by atoms with Gasteiger partial charge in [-0.05, 0) is 43.2 Å². The first kappa shape index (κ1) is 17.5. The highest BCUT2D eigenvalue weighted by molar-refractivity contribution is 7.11. The summed E-state index contributed by atoms with van der Waals surface area (Å²) in [6, 6.07) is 10.3. The molecule has 3 nitrogen and oxygen atoms in total. The monoisotopic (exact) mass is 334 g/mol. The van der Waals surface area contributed by atoms with Crippen LogP contribution in [-0.4, -0.2) is 17.5 Å². The molecular formula is C18H23FN2OS. The Balaban J connectivity index is 1.93. The van der Waals surface area contributed by atoms with Crippen molar-refractivity contribution in [2.24, 2.45) is 0 Å². The van der Waals surface area contributed by atoms with Gasteiger partial charge in [0.25, 0.3) is 0 Å². The van der Waals surface area contributed by atoms with Gasteiger partial charge in [0, 0.05) is 22.8 Å². The predicted molar refractivity (Wildman–Crippen MR) is 93.0 cm³/mol. The number of carbonyl (C=O) groups excluding carboxylic acids is 1. The van der Waals surface area contributed by atoms with Crippen molar-refractivity contribution in [2.45, 2.75) is 39.8 Å². The number of benzene rings is 1. The molecule has 0 spiro atoms. The SMILES string of the molecule is CCCCN(Cc1ccc(C)s1)C(=O)NCc1ccc(F)cc1. The van der Waals surface area contributed by atoms with Crippen LogP contribution in [-0.2, 0) is 13.1 Å². The second-order valence-electron chi connectivity index (χ2n) is 5.57. The zero-order valence-electron chi connectivity index (χ0n) is 13.6. The smallest absolute Gasteiger partial charge is 0.317 e. The minimum atomic E-state index is -0.266. The Hall–Kier alpha value is -1.88. The van der Waals surface area contributed by atoms with Crippen molar-refractivity contribution in [3.05, 3.63) is 57.5 Å². The van der Waals surface area contributed by atoms with Crippen molar-refractivity contribution in [1.82, 2.24) is 10.2 Å². The molecule has 2 rings (SSSR count). The van der Waals surface area contributed by atoms with Gasteiger partial charge in [-0.1, -0.05) is 25.5 Å². The molecule has 0 fully saturated rings. The van der Waals surface area contributed by atoms with Crippen LogP contribution in [0.2, 0.25) is 0 Å². The Bertz CT molecular complexity index is 624. The van der Waals surface area contributed by atoms with E-state index in [1.807, 2.05) is 4.90 Å². The first-order valence-corrected chi connectivity index (χ1v) is 8.72. The summed E-state index contributed by atoms with van der Waals surface area (Å²) in [4.78, 5) is 16.7. The van der Waals surface area contributed by atoms with Crippen molar-refractivity contribution in [2.75, 3.05) is 6.54 Å². The molecule has 0 aliphatic carbocycles. The van der Waals surface area contributed by atoms with Gasteiger partial charge in [-0.3, -0.25) is 0 Å². The number of unbranched alkanes of at least 4 members (excludes halogenated alkanes) is 1. The number of thiophene rings is 1. The van der Waals surface area contributed by atoms with E-state index in [1.165, 1.54) is 21.9 Å². The molecule has 1 N–H and O–H groups in total. The van der Waals surface area contributed by atoms with Crippen LogP contribution in [0, 0.1) is 12.7 Å². The molecule has 0 aliphatic heterocycles. The number of rotatable bonds is 7. The molecule has 1 aromatic heterocycles. The van der Waals surface area contributed by atoms with E-state index in [0.717, 1.165) is 24.9 Å². The molecule has 0 saturated carbocycles. The van der Waals surface area contributed by atoms with Crippen LogP contribution >= 0.6 is 11.3 Å². The first-order valence-electron chi connectivity index (χ1n) is 7.91. The van der Waals surface area contributed by atoms with E-state index in [2.05, 4.69) is 31.3 Å². The zero-order valence-corrected chi connectivity index (χ0v) is 14.5. The highest BCUT2D eigenvalue weighted by atomic mass is 32.1. The molecule has 5 heteroatoms. The van der Waals surface area contributed by atoms with Crippen molar-refractivity contribution in [3.63, 3.8) is 0 Å². The maximum atomic E-state index is 12.9. The summed E-state index contributed by atoms with van der Waals surface area (Å²) < 4.78 is 12.9. The van der Waals surface area contributed by atoms with E-state index >= 15 is 0 Å². The Morgan fingerprint density at radius 2 is 1.96 bits per heavy atom. The van der Waals surface area contributed by atoms with E-state index in [0.29, 0.717) is 13.1 Å². The van der Waals surface area contributed by atoms with Crippen molar-refractivity contribution in [3.8, 4) is 0 Å². The second-order valence-corrected chi connectivity index (χ2v) is 6.95. The summed E-state index contributed by atoms with van der Waals surface area (Å²) >= 11 is 1.72. The molecule has 0 bridgehead atoms. The Morgan fingerprint density at radius 1 is 1.22 bits per heavy atom. The summed E-state index contributed by atoms with van der Waals surface area (Å²) in [5.41, 5.74) is 0.891. The average Bonchev–Trinajstić information content (AvgIpc) is 2.95. The van der Waals surface area contributed by atoms with Crippen LogP contribution in [0.3, 0.4) is 0 Å². The molecule has 124 valence electrons.